The van der Waals surface area contributed by atoms with Crippen LogP contribution in [0.2, 0.25) is 0 Å². The lowest BCUT2D eigenvalue weighted by atomic mass is 9.86. The summed E-state index contributed by atoms with van der Waals surface area (Å²) in [5.74, 6) is 0. The van der Waals surface area contributed by atoms with E-state index in [4.69, 9.17) is 0 Å². The van der Waals surface area contributed by atoms with E-state index < -0.39 is 9.73 Å². The number of carbonyl (C=O) groups excluding carboxylic acids is 1. The van der Waals surface area contributed by atoms with Crippen LogP contribution in [0.5, 0.6) is 0 Å². The fourth-order valence-electron chi connectivity index (χ4n) is 3.55. The number of benzene rings is 1. The van der Waals surface area contributed by atoms with Crippen molar-refractivity contribution in [2.24, 2.45) is 9.78 Å². The van der Waals surface area contributed by atoms with E-state index in [-0.39, 0.29) is 6.03 Å². The quantitative estimate of drug-likeness (QED) is 0.879. The van der Waals surface area contributed by atoms with Gasteiger partial charge in [0.15, 0.2) is 0 Å². The second-order valence-corrected chi connectivity index (χ2v) is 9.64. The van der Waals surface area contributed by atoms with Crippen molar-refractivity contribution in [3.05, 3.63) is 24.3 Å². The lowest BCUT2D eigenvalue weighted by Gasteiger charge is -2.22. The third-order valence-electron chi connectivity index (χ3n) is 4.79. The van der Waals surface area contributed by atoms with Crippen molar-refractivity contribution in [1.82, 2.24) is 5.32 Å². The third kappa shape index (κ3) is 4.25. The number of anilines is 1. The maximum absolute atomic E-state index is 12.1. The third-order valence-corrected chi connectivity index (χ3v) is 5.45. The minimum absolute atomic E-state index is 0.142. The van der Waals surface area contributed by atoms with Crippen LogP contribution in [0, 0.1) is 5.41 Å². The second kappa shape index (κ2) is 6.15. The van der Waals surface area contributed by atoms with Crippen LogP contribution in [0.3, 0.4) is 0 Å². The summed E-state index contributed by atoms with van der Waals surface area (Å²) in [6.45, 7) is 0. The zero-order valence-electron chi connectivity index (χ0n) is 13.8. The van der Waals surface area contributed by atoms with Crippen molar-refractivity contribution in [3.8, 4) is 0 Å². The van der Waals surface area contributed by atoms with Crippen LogP contribution >= 0.6 is 0 Å². The van der Waals surface area contributed by atoms with E-state index in [9.17, 15) is 9.00 Å². The Labute approximate surface area is 138 Å². The van der Waals surface area contributed by atoms with Crippen LogP contribution in [0.25, 0.3) is 0 Å². The van der Waals surface area contributed by atoms with E-state index in [1.54, 1.807) is 36.8 Å². The average Bonchev–Trinajstić information content (AvgIpc) is 3.11. The molecule has 6 heteroatoms. The zero-order chi connectivity index (χ0) is 16.5. The largest absolute Gasteiger partial charge is 0.335 e. The number of carbonyl (C=O) groups is 1. The second-order valence-electron chi connectivity index (χ2n) is 7.10. The first kappa shape index (κ1) is 16.3. The van der Waals surface area contributed by atoms with Gasteiger partial charge in [-0.25, -0.2) is 9.00 Å². The van der Waals surface area contributed by atoms with Gasteiger partial charge in [0.05, 0.1) is 5.69 Å². The molecule has 0 heterocycles. The Morgan fingerprint density at radius 1 is 1.17 bits per heavy atom. The van der Waals surface area contributed by atoms with E-state index >= 15 is 0 Å². The van der Waals surface area contributed by atoms with Crippen molar-refractivity contribution in [3.63, 3.8) is 0 Å². The van der Waals surface area contributed by atoms with Gasteiger partial charge in [-0.15, -0.1) is 0 Å². The first-order valence-electron chi connectivity index (χ1n) is 8.21. The highest BCUT2D eigenvalue weighted by Crippen LogP contribution is 2.56. The minimum Gasteiger partial charge on any atom is -0.335 e. The molecule has 1 aromatic carbocycles. The average molecular weight is 335 g/mol. The van der Waals surface area contributed by atoms with Gasteiger partial charge in [0.2, 0.25) is 0 Å². The van der Waals surface area contributed by atoms with Gasteiger partial charge in [-0.1, -0.05) is 19.3 Å². The molecule has 0 bridgehead atoms. The van der Waals surface area contributed by atoms with E-state index in [1.165, 1.54) is 32.1 Å². The molecule has 2 fully saturated rings. The predicted molar refractivity (Wildman–Crippen MR) is 94.6 cm³/mol. The fraction of sp³-hybridized carbons (Fsp3) is 0.588. The Morgan fingerprint density at radius 3 is 2.43 bits per heavy atom. The van der Waals surface area contributed by atoms with Gasteiger partial charge in [-0.2, -0.15) is 4.36 Å². The highest BCUT2D eigenvalue weighted by atomic mass is 32.2. The Hall–Kier alpha value is -1.56. The molecule has 1 aromatic rings. The van der Waals surface area contributed by atoms with Gasteiger partial charge >= 0.3 is 6.03 Å². The number of rotatable bonds is 3. The Balaban J connectivity index is 1.53. The number of hydrogen-bond donors (Lipinski definition) is 2. The summed E-state index contributed by atoms with van der Waals surface area (Å²) >= 11 is 0. The predicted octanol–water partition coefficient (Wildman–Crippen LogP) is 3.89. The zero-order valence-corrected chi connectivity index (χ0v) is 14.6. The molecule has 2 saturated carbocycles. The molecular weight excluding hydrogens is 310 g/mol. The summed E-state index contributed by atoms with van der Waals surface area (Å²) < 4.78 is 15.8. The van der Waals surface area contributed by atoms with E-state index in [1.807, 2.05) is 0 Å². The molecule has 0 saturated heterocycles. The molecule has 1 unspecified atom stereocenters. The molecule has 0 radical (unpaired) electrons. The number of nitrogens with zero attached hydrogens (tertiary/aromatic N) is 1. The molecule has 1 atom stereocenters. The number of urea groups is 1. The maximum Gasteiger partial charge on any atom is 0.319 e. The number of hydrogen-bond acceptors (Lipinski definition) is 3. The van der Waals surface area contributed by atoms with E-state index in [0.29, 0.717) is 17.1 Å². The van der Waals surface area contributed by atoms with E-state index in [2.05, 4.69) is 15.0 Å². The molecule has 0 aliphatic heterocycles. The molecule has 1 spiro atoms. The molecule has 5 nitrogen and oxygen atoms in total. The van der Waals surface area contributed by atoms with Crippen LogP contribution in [0.1, 0.15) is 38.5 Å². The van der Waals surface area contributed by atoms with Gasteiger partial charge in [0, 0.05) is 34.0 Å². The smallest absolute Gasteiger partial charge is 0.319 e. The first-order chi connectivity index (χ1) is 10.9. The van der Waals surface area contributed by atoms with Crippen LogP contribution in [-0.2, 0) is 9.73 Å². The van der Waals surface area contributed by atoms with Gasteiger partial charge in [-0.05, 0) is 48.9 Å². The normalized spacial score (nSPS) is 22.4. The Kier molecular flexibility index (Phi) is 4.36. The number of amides is 2. The van der Waals surface area contributed by atoms with Gasteiger partial charge in [0.25, 0.3) is 0 Å². The monoisotopic (exact) mass is 335 g/mol. The molecule has 2 aliphatic rings. The van der Waals surface area contributed by atoms with Gasteiger partial charge in [-0.3, -0.25) is 0 Å². The summed E-state index contributed by atoms with van der Waals surface area (Å²) in [7, 11) is -2.16. The molecule has 126 valence electrons. The van der Waals surface area contributed by atoms with Crippen molar-refractivity contribution in [2.75, 3.05) is 17.8 Å². The molecule has 3 rings (SSSR count). The first-order valence-corrected chi connectivity index (χ1v) is 10.5. The van der Waals surface area contributed by atoms with E-state index in [0.717, 1.165) is 12.1 Å². The number of nitrogens with one attached hydrogen (secondary N) is 2. The molecule has 23 heavy (non-hydrogen) atoms. The Morgan fingerprint density at radius 2 is 1.83 bits per heavy atom. The van der Waals surface area contributed by atoms with Crippen LogP contribution < -0.4 is 10.6 Å². The summed E-state index contributed by atoms with van der Waals surface area (Å²) in [5.41, 5.74) is 1.77. The standard InChI is InChI=1S/C17H25N3O2S/c1-23(2,22)20-14-8-6-13(7-9-14)18-16(21)19-15-12-17(15)10-4-3-5-11-17/h6-9,15H,3-5,10-12H2,1-2H3,(H2,18,19,21). The van der Waals surface area contributed by atoms with Crippen LogP contribution in [-0.4, -0.2) is 28.8 Å². The summed E-state index contributed by atoms with van der Waals surface area (Å²) in [5, 5.41) is 5.96. The lowest BCUT2D eigenvalue weighted by Crippen LogP contribution is -2.34. The highest BCUT2D eigenvalue weighted by molar-refractivity contribution is 7.92. The summed E-state index contributed by atoms with van der Waals surface area (Å²) in [6, 6.07) is 7.29. The molecular formula is C17H25N3O2S. The minimum atomic E-state index is -2.16. The maximum atomic E-state index is 12.1. The van der Waals surface area contributed by atoms with Crippen LogP contribution in [0.4, 0.5) is 16.2 Å². The van der Waals surface area contributed by atoms with Crippen molar-refractivity contribution in [1.29, 1.82) is 0 Å². The highest BCUT2D eigenvalue weighted by Gasteiger charge is 2.54. The lowest BCUT2D eigenvalue weighted by molar-refractivity contribution is 0.247. The van der Waals surface area contributed by atoms with Crippen molar-refractivity contribution < 1.29 is 9.00 Å². The van der Waals surface area contributed by atoms with Crippen molar-refractivity contribution in [2.45, 2.75) is 44.6 Å². The van der Waals surface area contributed by atoms with Gasteiger partial charge < -0.3 is 10.6 Å². The fourth-order valence-corrected chi connectivity index (χ4v) is 4.17. The summed E-state index contributed by atoms with van der Waals surface area (Å²) in [6.07, 6.45) is 10.8. The molecule has 2 aliphatic carbocycles. The summed E-state index contributed by atoms with van der Waals surface area (Å²) in [4.78, 5) is 12.1. The topological polar surface area (TPSA) is 70.6 Å². The molecule has 2 amide bonds. The Bertz CT molecular complexity index is 691. The molecule has 2 N–H and O–H groups in total. The van der Waals surface area contributed by atoms with Gasteiger partial charge in [0.1, 0.15) is 0 Å². The van der Waals surface area contributed by atoms with Crippen molar-refractivity contribution >= 4 is 27.1 Å². The molecule has 0 aromatic heterocycles. The SMILES string of the molecule is CS(C)(=O)=Nc1ccc(NC(=O)NC2CC23CCCCC3)cc1. The van der Waals surface area contributed by atoms with Crippen LogP contribution in [0.15, 0.2) is 28.6 Å².